The number of para-hydroxylation sites is 2. The minimum Gasteiger partial charge on any atom is -0.495 e. The number of rotatable bonds is 5. The Morgan fingerprint density at radius 2 is 1.91 bits per heavy atom. The molecule has 3 aliphatic rings. The van der Waals surface area contributed by atoms with Gasteiger partial charge in [-0.2, -0.15) is 0 Å². The van der Waals surface area contributed by atoms with Gasteiger partial charge in [0.1, 0.15) is 17.1 Å². The predicted octanol–water partition coefficient (Wildman–Crippen LogP) is 3.52. The standard InChI is InChI=1S/C23H19F3N2O5/c1-31-16-5-3-2-4-15(16)28-12-22-11-10-17(33-22)18(19(22)21(28)30)20(29)27-13-6-8-14(9-7-13)32-23(24,25)26/h2-11,17-19H,12H2,1H3,(H,27,29)/t17?,18?,19?,22-/m0/s1. The summed E-state index contributed by atoms with van der Waals surface area (Å²) in [6.07, 6.45) is -1.75. The smallest absolute Gasteiger partial charge is 0.495 e. The van der Waals surface area contributed by atoms with Crippen molar-refractivity contribution in [2.45, 2.75) is 18.1 Å². The number of benzene rings is 2. The summed E-state index contributed by atoms with van der Waals surface area (Å²) < 4.78 is 52.4. The number of carbonyl (C=O) groups is 2. The fraction of sp³-hybridized carbons (Fsp3) is 0.304. The van der Waals surface area contributed by atoms with E-state index in [0.717, 1.165) is 12.1 Å². The number of alkyl halides is 3. The molecule has 2 aromatic rings. The van der Waals surface area contributed by atoms with Gasteiger partial charge in [-0.15, -0.1) is 13.2 Å². The fourth-order valence-corrected chi connectivity index (χ4v) is 4.82. The normalized spacial score (nSPS) is 27.6. The van der Waals surface area contributed by atoms with E-state index in [0.29, 0.717) is 11.4 Å². The van der Waals surface area contributed by atoms with Crippen LogP contribution in [-0.2, 0) is 14.3 Å². The Balaban J connectivity index is 1.36. The van der Waals surface area contributed by atoms with Crippen LogP contribution < -0.4 is 19.7 Å². The van der Waals surface area contributed by atoms with Crippen molar-refractivity contribution in [2.75, 3.05) is 23.9 Å². The molecule has 172 valence electrons. The van der Waals surface area contributed by atoms with Gasteiger partial charge in [0, 0.05) is 5.69 Å². The molecule has 1 spiro atoms. The molecule has 5 rings (SSSR count). The average Bonchev–Trinajstić information content (AvgIpc) is 3.42. The van der Waals surface area contributed by atoms with Gasteiger partial charge in [-0.25, -0.2) is 0 Å². The zero-order valence-corrected chi connectivity index (χ0v) is 17.3. The molecular formula is C23H19F3N2O5. The van der Waals surface area contributed by atoms with Crippen LogP contribution in [0.15, 0.2) is 60.7 Å². The van der Waals surface area contributed by atoms with Crippen LogP contribution in [-0.4, -0.2) is 43.5 Å². The topological polar surface area (TPSA) is 77.1 Å². The summed E-state index contributed by atoms with van der Waals surface area (Å²) in [5.74, 6) is -2.08. The summed E-state index contributed by atoms with van der Waals surface area (Å²) in [4.78, 5) is 28.1. The largest absolute Gasteiger partial charge is 0.573 e. The molecule has 10 heteroatoms. The molecule has 2 aromatic carbocycles. The van der Waals surface area contributed by atoms with Gasteiger partial charge in [0.25, 0.3) is 0 Å². The highest BCUT2D eigenvalue weighted by molar-refractivity contribution is 6.06. The maximum absolute atomic E-state index is 13.4. The minimum atomic E-state index is -4.80. The molecule has 2 saturated heterocycles. The van der Waals surface area contributed by atoms with Gasteiger partial charge < -0.3 is 24.4 Å². The minimum absolute atomic E-state index is 0.247. The Labute approximate surface area is 186 Å². The Morgan fingerprint density at radius 3 is 2.61 bits per heavy atom. The third-order valence-corrected chi connectivity index (χ3v) is 6.13. The third kappa shape index (κ3) is 3.60. The van der Waals surface area contributed by atoms with Crippen molar-refractivity contribution in [3.05, 3.63) is 60.7 Å². The number of carbonyl (C=O) groups excluding carboxylic acids is 2. The molecule has 33 heavy (non-hydrogen) atoms. The summed E-state index contributed by atoms with van der Waals surface area (Å²) in [5.41, 5.74) is -0.0503. The van der Waals surface area contributed by atoms with E-state index in [1.165, 1.54) is 19.2 Å². The van der Waals surface area contributed by atoms with Crippen molar-refractivity contribution in [1.82, 2.24) is 0 Å². The average molecular weight is 460 g/mol. The van der Waals surface area contributed by atoms with Crippen LogP contribution in [0.3, 0.4) is 0 Å². The van der Waals surface area contributed by atoms with Crippen molar-refractivity contribution >= 4 is 23.2 Å². The van der Waals surface area contributed by atoms with E-state index in [-0.39, 0.29) is 18.1 Å². The highest BCUT2D eigenvalue weighted by Gasteiger charge is 2.67. The summed E-state index contributed by atoms with van der Waals surface area (Å²) in [6.45, 7) is 0.247. The Morgan fingerprint density at radius 1 is 1.18 bits per heavy atom. The van der Waals surface area contributed by atoms with Crippen LogP contribution in [0.4, 0.5) is 24.5 Å². The molecule has 0 aliphatic carbocycles. The number of halogens is 3. The predicted molar refractivity (Wildman–Crippen MR) is 111 cm³/mol. The fourth-order valence-electron chi connectivity index (χ4n) is 4.82. The van der Waals surface area contributed by atoms with E-state index >= 15 is 0 Å². The molecule has 4 atom stereocenters. The van der Waals surface area contributed by atoms with Crippen LogP contribution in [0.1, 0.15) is 0 Å². The van der Waals surface area contributed by atoms with Gasteiger partial charge in [-0.3, -0.25) is 9.59 Å². The van der Waals surface area contributed by atoms with Gasteiger partial charge in [0.15, 0.2) is 0 Å². The number of ether oxygens (including phenoxy) is 3. The Hall–Kier alpha value is -3.53. The first-order chi connectivity index (χ1) is 15.7. The van der Waals surface area contributed by atoms with E-state index in [4.69, 9.17) is 9.47 Å². The Kier molecular flexibility index (Phi) is 4.86. The van der Waals surface area contributed by atoms with Crippen molar-refractivity contribution in [3.63, 3.8) is 0 Å². The molecular weight excluding hydrogens is 441 g/mol. The maximum Gasteiger partial charge on any atom is 0.573 e. The number of nitrogens with zero attached hydrogens (tertiary/aromatic N) is 1. The first-order valence-electron chi connectivity index (χ1n) is 10.2. The molecule has 3 aliphatic heterocycles. The van der Waals surface area contributed by atoms with E-state index in [9.17, 15) is 22.8 Å². The molecule has 0 saturated carbocycles. The lowest BCUT2D eigenvalue weighted by molar-refractivity contribution is -0.274. The number of hydrogen-bond donors (Lipinski definition) is 1. The second kappa shape index (κ2) is 7.51. The summed E-state index contributed by atoms with van der Waals surface area (Å²) in [7, 11) is 1.52. The molecule has 2 amide bonds. The zero-order chi connectivity index (χ0) is 23.4. The van der Waals surface area contributed by atoms with E-state index in [2.05, 4.69) is 10.1 Å². The van der Waals surface area contributed by atoms with E-state index < -0.39 is 41.6 Å². The van der Waals surface area contributed by atoms with Crippen LogP contribution in [0.25, 0.3) is 0 Å². The number of hydrogen-bond acceptors (Lipinski definition) is 5. The lowest BCUT2D eigenvalue weighted by Gasteiger charge is -2.23. The summed E-state index contributed by atoms with van der Waals surface area (Å²) >= 11 is 0. The van der Waals surface area contributed by atoms with Gasteiger partial charge in [-0.1, -0.05) is 24.3 Å². The third-order valence-electron chi connectivity index (χ3n) is 6.13. The Bertz CT molecular complexity index is 1130. The van der Waals surface area contributed by atoms with Gasteiger partial charge in [0.2, 0.25) is 11.8 Å². The van der Waals surface area contributed by atoms with Crippen molar-refractivity contribution < 1.29 is 37.0 Å². The molecule has 2 bridgehead atoms. The van der Waals surface area contributed by atoms with Gasteiger partial charge in [0.05, 0.1) is 37.3 Å². The summed E-state index contributed by atoms with van der Waals surface area (Å²) in [5, 5.41) is 2.68. The molecule has 7 nitrogen and oxygen atoms in total. The second-order valence-corrected chi connectivity index (χ2v) is 8.06. The number of anilines is 2. The van der Waals surface area contributed by atoms with Crippen LogP contribution in [0.2, 0.25) is 0 Å². The molecule has 2 fully saturated rings. The summed E-state index contributed by atoms with van der Waals surface area (Å²) in [6, 6.07) is 11.9. The van der Waals surface area contributed by atoms with E-state index in [1.54, 1.807) is 35.2 Å². The first kappa shape index (κ1) is 21.3. The number of fused-ring (bicyclic) bond motifs is 1. The molecule has 3 unspecified atom stereocenters. The molecule has 0 aromatic heterocycles. The molecule has 1 N–H and O–H groups in total. The number of methoxy groups -OCH3 is 1. The van der Waals surface area contributed by atoms with Crippen LogP contribution in [0, 0.1) is 11.8 Å². The van der Waals surface area contributed by atoms with Crippen molar-refractivity contribution in [2.24, 2.45) is 11.8 Å². The monoisotopic (exact) mass is 460 g/mol. The van der Waals surface area contributed by atoms with Crippen molar-refractivity contribution in [3.8, 4) is 11.5 Å². The van der Waals surface area contributed by atoms with E-state index in [1.807, 2.05) is 6.08 Å². The quantitative estimate of drug-likeness (QED) is 0.691. The molecule has 3 heterocycles. The molecule has 0 radical (unpaired) electrons. The highest BCUT2D eigenvalue weighted by Crippen LogP contribution is 2.53. The van der Waals surface area contributed by atoms with Crippen LogP contribution in [0.5, 0.6) is 11.5 Å². The van der Waals surface area contributed by atoms with Gasteiger partial charge in [-0.05, 0) is 36.4 Å². The zero-order valence-electron chi connectivity index (χ0n) is 17.3. The van der Waals surface area contributed by atoms with Crippen LogP contribution >= 0.6 is 0 Å². The second-order valence-electron chi connectivity index (χ2n) is 8.06. The SMILES string of the molecule is COc1ccccc1N1C[C@]23C=CC(O2)C(C(=O)Nc2ccc(OC(F)(F)F)cc2)C3C1=O. The highest BCUT2D eigenvalue weighted by atomic mass is 19.4. The lowest BCUT2D eigenvalue weighted by atomic mass is 9.77. The lowest BCUT2D eigenvalue weighted by Crippen LogP contribution is -2.41. The van der Waals surface area contributed by atoms with Crippen molar-refractivity contribution in [1.29, 1.82) is 0 Å². The first-order valence-corrected chi connectivity index (χ1v) is 10.2. The number of amides is 2. The van der Waals surface area contributed by atoms with Gasteiger partial charge >= 0.3 is 6.36 Å². The maximum atomic E-state index is 13.4. The number of nitrogens with one attached hydrogen (secondary N) is 1.